The average Bonchev–Trinajstić information content (AvgIpc) is 3.27. The molecule has 2 aromatic carbocycles. The standard InChI is InChI=1S/C21H19N3O/c1-12-20(13(2)25-24-12)15-9-18(21-19(10-15)22-11-23-21)17-6-4-3-5-16(17)14-7-8-14/h3-6,9-11,14H,7-8H2,1-2H3,(H,22,23). The first kappa shape index (κ1) is 14.5. The fourth-order valence-electron chi connectivity index (χ4n) is 3.79. The number of benzene rings is 2. The zero-order valence-corrected chi connectivity index (χ0v) is 14.3. The van der Waals surface area contributed by atoms with Gasteiger partial charge in [-0.25, -0.2) is 4.98 Å². The molecule has 0 aliphatic heterocycles. The average molecular weight is 329 g/mol. The van der Waals surface area contributed by atoms with Gasteiger partial charge in [-0.1, -0.05) is 29.4 Å². The largest absolute Gasteiger partial charge is 0.361 e. The topological polar surface area (TPSA) is 54.7 Å². The first-order chi connectivity index (χ1) is 12.2. The summed E-state index contributed by atoms with van der Waals surface area (Å²) in [5, 5.41) is 4.12. The smallest absolute Gasteiger partial charge is 0.141 e. The Labute approximate surface area is 145 Å². The van der Waals surface area contributed by atoms with Crippen LogP contribution in [0.15, 0.2) is 47.2 Å². The summed E-state index contributed by atoms with van der Waals surface area (Å²) in [6.07, 6.45) is 4.33. The molecule has 124 valence electrons. The summed E-state index contributed by atoms with van der Waals surface area (Å²) >= 11 is 0. The Morgan fingerprint density at radius 1 is 1.08 bits per heavy atom. The maximum atomic E-state index is 5.38. The van der Waals surface area contributed by atoms with Gasteiger partial charge in [-0.2, -0.15) is 0 Å². The number of hydrogen-bond donors (Lipinski definition) is 1. The molecule has 0 unspecified atom stereocenters. The lowest BCUT2D eigenvalue weighted by atomic mass is 9.92. The minimum absolute atomic E-state index is 0.688. The Bertz CT molecular complexity index is 1070. The van der Waals surface area contributed by atoms with Gasteiger partial charge < -0.3 is 9.51 Å². The van der Waals surface area contributed by atoms with Gasteiger partial charge >= 0.3 is 0 Å². The highest BCUT2D eigenvalue weighted by Gasteiger charge is 2.27. The van der Waals surface area contributed by atoms with E-state index in [2.05, 4.69) is 51.5 Å². The normalized spacial score (nSPS) is 14.3. The Morgan fingerprint density at radius 3 is 2.68 bits per heavy atom. The molecule has 0 saturated heterocycles. The first-order valence-electron chi connectivity index (χ1n) is 8.72. The van der Waals surface area contributed by atoms with Crippen molar-refractivity contribution in [2.45, 2.75) is 32.6 Å². The fourth-order valence-corrected chi connectivity index (χ4v) is 3.79. The maximum Gasteiger partial charge on any atom is 0.141 e. The van der Waals surface area contributed by atoms with Crippen LogP contribution in [0.5, 0.6) is 0 Å². The molecule has 2 aromatic heterocycles. The Kier molecular flexibility index (Phi) is 3.07. The number of nitrogens with one attached hydrogen (secondary N) is 1. The van der Waals surface area contributed by atoms with Crippen molar-refractivity contribution in [3.63, 3.8) is 0 Å². The highest BCUT2D eigenvalue weighted by molar-refractivity contribution is 5.97. The third-order valence-electron chi connectivity index (χ3n) is 5.11. The fraction of sp³-hybridized carbons (Fsp3) is 0.238. The number of imidazole rings is 1. The van der Waals surface area contributed by atoms with Gasteiger partial charge in [0.05, 0.1) is 23.1 Å². The van der Waals surface area contributed by atoms with Crippen LogP contribution in [0, 0.1) is 13.8 Å². The van der Waals surface area contributed by atoms with E-state index in [9.17, 15) is 0 Å². The number of nitrogens with zero attached hydrogens (tertiary/aromatic N) is 2. The molecule has 4 heteroatoms. The summed E-state index contributed by atoms with van der Waals surface area (Å²) in [7, 11) is 0. The first-order valence-corrected chi connectivity index (χ1v) is 8.72. The molecule has 0 atom stereocenters. The number of hydrogen-bond acceptors (Lipinski definition) is 3. The van der Waals surface area contributed by atoms with E-state index < -0.39 is 0 Å². The van der Waals surface area contributed by atoms with Crippen LogP contribution in [0.4, 0.5) is 0 Å². The lowest BCUT2D eigenvalue weighted by Crippen LogP contribution is -1.91. The molecular formula is C21H19N3O. The van der Waals surface area contributed by atoms with Gasteiger partial charge in [-0.05, 0) is 61.4 Å². The lowest BCUT2D eigenvalue weighted by Gasteiger charge is -2.12. The quantitative estimate of drug-likeness (QED) is 0.549. The van der Waals surface area contributed by atoms with Gasteiger partial charge in [0.2, 0.25) is 0 Å². The molecule has 0 bridgehead atoms. The molecule has 0 radical (unpaired) electrons. The highest BCUT2D eigenvalue weighted by atomic mass is 16.5. The van der Waals surface area contributed by atoms with Crippen molar-refractivity contribution in [2.24, 2.45) is 0 Å². The van der Waals surface area contributed by atoms with Gasteiger partial charge in [0, 0.05) is 11.1 Å². The molecule has 0 amide bonds. The van der Waals surface area contributed by atoms with Crippen LogP contribution < -0.4 is 0 Å². The molecule has 1 aliphatic carbocycles. The molecular weight excluding hydrogens is 310 g/mol. The van der Waals surface area contributed by atoms with Crippen LogP contribution in [0.25, 0.3) is 33.3 Å². The predicted molar refractivity (Wildman–Crippen MR) is 98.5 cm³/mol. The number of fused-ring (bicyclic) bond motifs is 1. The van der Waals surface area contributed by atoms with Crippen molar-refractivity contribution < 1.29 is 4.52 Å². The summed E-state index contributed by atoms with van der Waals surface area (Å²) in [5.74, 6) is 1.53. The van der Waals surface area contributed by atoms with Crippen molar-refractivity contribution in [1.82, 2.24) is 15.1 Å². The lowest BCUT2D eigenvalue weighted by molar-refractivity contribution is 0.393. The molecule has 4 nitrogen and oxygen atoms in total. The summed E-state index contributed by atoms with van der Waals surface area (Å²) in [6.45, 7) is 3.95. The minimum atomic E-state index is 0.688. The van der Waals surface area contributed by atoms with Gasteiger partial charge in [-0.15, -0.1) is 0 Å². The van der Waals surface area contributed by atoms with Crippen molar-refractivity contribution in [2.75, 3.05) is 0 Å². The van der Waals surface area contributed by atoms with Crippen LogP contribution in [-0.4, -0.2) is 15.1 Å². The Balaban J connectivity index is 1.80. The number of aryl methyl sites for hydroxylation is 2. The second kappa shape index (κ2) is 5.31. The zero-order chi connectivity index (χ0) is 17.0. The SMILES string of the molecule is Cc1noc(C)c1-c1cc(-c2ccccc2C2CC2)c2nc[nH]c2c1. The molecule has 1 saturated carbocycles. The van der Waals surface area contributed by atoms with Gasteiger partial charge in [0.1, 0.15) is 5.76 Å². The van der Waals surface area contributed by atoms with E-state index in [1.807, 2.05) is 13.8 Å². The number of aromatic nitrogens is 3. The summed E-state index contributed by atoms with van der Waals surface area (Å²) in [5.41, 5.74) is 9.06. The molecule has 1 fully saturated rings. The second-order valence-electron chi connectivity index (χ2n) is 6.88. The molecule has 5 rings (SSSR count). The third kappa shape index (κ3) is 2.29. The predicted octanol–water partition coefficient (Wildman–Crippen LogP) is 5.38. The monoisotopic (exact) mass is 329 g/mol. The molecule has 1 aliphatic rings. The van der Waals surface area contributed by atoms with E-state index in [0.717, 1.165) is 33.6 Å². The number of aromatic amines is 1. The summed E-state index contributed by atoms with van der Waals surface area (Å²) in [6, 6.07) is 13.1. The van der Waals surface area contributed by atoms with Crippen molar-refractivity contribution in [3.8, 4) is 22.3 Å². The molecule has 0 spiro atoms. The third-order valence-corrected chi connectivity index (χ3v) is 5.11. The maximum absolute atomic E-state index is 5.38. The van der Waals surface area contributed by atoms with Gasteiger partial charge in [0.15, 0.2) is 0 Å². The molecule has 4 aromatic rings. The Morgan fingerprint density at radius 2 is 1.92 bits per heavy atom. The molecule has 25 heavy (non-hydrogen) atoms. The summed E-state index contributed by atoms with van der Waals surface area (Å²) < 4.78 is 5.38. The van der Waals surface area contributed by atoms with Crippen LogP contribution in [0.1, 0.15) is 35.8 Å². The van der Waals surface area contributed by atoms with Gasteiger partial charge in [0.25, 0.3) is 0 Å². The second-order valence-corrected chi connectivity index (χ2v) is 6.88. The van der Waals surface area contributed by atoms with E-state index in [1.54, 1.807) is 6.33 Å². The van der Waals surface area contributed by atoms with Crippen LogP contribution in [-0.2, 0) is 0 Å². The van der Waals surface area contributed by atoms with E-state index in [0.29, 0.717) is 5.92 Å². The van der Waals surface area contributed by atoms with Crippen molar-refractivity contribution >= 4 is 11.0 Å². The Hall–Kier alpha value is -2.88. The summed E-state index contributed by atoms with van der Waals surface area (Å²) in [4.78, 5) is 7.86. The van der Waals surface area contributed by atoms with E-state index in [-0.39, 0.29) is 0 Å². The molecule has 2 heterocycles. The van der Waals surface area contributed by atoms with Crippen LogP contribution in [0.3, 0.4) is 0 Å². The van der Waals surface area contributed by atoms with Crippen molar-refractivity contribution in [1.29, 1.82) is 0 Å². The van der Waals surface area contributed by atoms with E-state index >= 15 is 0 Å². The van der Waals surface area contributed by atoms with Crippen molar-refractivity contribution in [3.05, 3.63) is 59.7 Å². The van der Waals surface area contributed by atoms with E-state index in [4.69, 9.17) is 4.52 Å². The van der Waals surface area contributed by atoms with Gasteiger partial charge in [-0.3, -0.25) is 0 Å². The number of rotatable bonds is 3. The minimum Gasteiger partial charge on any atom is -0.361 e. The highest BCUT2D eigenvalue weighted by Crippen LogP contribution is 2.46. The molecule has 1 N–H and O–H groups in total. The van der Waals surface area contributed by atoms with Crippen LogP contribution >= 0.6 is 0 Å². The zero-order valence-electron chi connectivity index (χ0n) is 14.3. The number of H-pyrrole nitrogens is 1. The van der Waals surface area contributed by atoms with E-state index in [1.165, 1.54) is 29.5 Å². The van der Waals surface area contributed by atoms with Crippen LogP contribution in [0.2, 0.25) is 0 Å².